The van der Waals surface area contributed by atoms with Crippen LogP contribution in [-0.4, -0.2) is 37.2 Å². The van der Waals surface area contributed by atoms with E-state index in [0.29, 0.717) is 12.8 Å². The number of carbonyl (C=O) groups excluding carboxylic acids is 2. The van der Waals surface area contributed by atoms with Gasteiger partial charge in [-0.1, -0.05) is 0 Å². The average molecular weight is 173 g/mol. The average Bonchev–Trinajstić information content (AvgIpc) is 2.45. The van der Waals surface area contributed by atoms with Gasteiger partial charge in [-0.25, -0.2) is 0 Å². The van der Waals surface area contributed by atoms with Gasteiger partial charge in [0.25, 0.3) is 0 Å². The molecule has 3 atom stereocenters. The highest BCUT2D eigenvalue weighted by atomic mass is 16.5. The summed E-state index contributed by atoms with van der Waals surface area (Å²) in [6.07, 6.45) is -0.308. The van der Waals surface area contributed by atoms with Crippen LogP contribution in [0, 0.1) is 11.8 Å². The Morgan fingerprint density at radius 2 is 2.42 bits per heavy atom. The summed E-state index contributed by atoms with van der Waals surface area (Å²) in [5.74, 6) is -1.79. The summed E-state index contributed by atoms with van der Waals surface area (Å²) in [6, 6.07) is 0. The predicted molar refractivity (Wildman–Crippen MR) is 39.1 cm³/mol. The molecule has 0 bridgehead atoms. The van der Waals surface area contributed by atoms with E-state index in [2.05, 4.69) is 10.1 Å². The van der Waals surface area contributed by atoms with Gasteiger partial charge in [0.15, 0.2) is 0 Å². The van der Waals surface area contributed by atoms with Crippen LogP contribution in [0.15, 0.2) is 0 Å². The first kappa shape index (κ1) is 9.15. The third-order valence-corrected chi connectivity index (χ3v) is 2.01. The lowest BCUT2D eigenvalue weighted by atomic mass is 9.97. The fraction of sp³-hybridized carbons (Fsp3) is 0.714. The Bertz CT molecular complexity index is 194. The minimum Gasteiger partial charge on any atom is -0.469 e. The molecule has 0 aliphatic carbocycles. The Kier molecular flexibility index (Phi) is 2.78. The third-order valence-electron chi connectivity index (χ3n) is 2.01. The SMILES string of the molecule is COC(=O)C1C(C=O)CNC1O. The molecule has 1 fully saturated rings. The molecule has 1 aliphatic heterocycles. The van der Waals surface area contributed by atoms with Gasteiger partial charge in [0, 0.05) is 12.5 Å². The first-order valence-corrected chi connectivity index (χ1v) is 3.65. The summed E-state index contributed by atoms with van der Waals surface area (Å²) in [4.78, 5) is 21.4. The van der Waals surface area contributed by atoms with Crippen molar-refractivity contribution in [2.75, 3.05) is 13.7 Å². The van der Waals surface area contributed by atoms with Crippen molar-refractivity contribution in [3.8, 4) is 0 Å². The molecule has 3 unspecified atom stereocenters. The number of aldehydes is 1. The van der Waals surface area contributed by atoms with Crippen LogP contribution < -0.4 is 5.32 Å². The molecule has 0 aromatic heterocycles. The van der Waals surface area contributed by atoms with Crippen LogP contribution in [0.1, 0.15) is 0 Å². The summed E-state index contributed by atoms with van der Waals surface area (Å²) in [5, 5.41) is 11.8. The lowest BCUT2D eigenvalue weighted by molar-refractivity contribution is -0.151. The Labute approximate surface area is 69.7 Å². The first-order chi connectivity index (χ1) is 5.70. The molecular weight excluding hydrogens is 162 g/mol. The Morgan fingerprint density at radius 1 is 1.75 bits per heavy atom. The zero-order chi connectivity index (χ0) is 9.14. The van der Waals surface area contributed by atoms with Gasteiger partial charge in [0.1, 0.15) is 18.4 Å². The van der Waals surface area contributed by atoms with Crippen molar-refractivity contribution in [2.45, 2.75) is 6.23 Å². The number of nitrogens with one attached hydrogen (secondary N) is 1. The van der Waals surface area contributed by atoms with Crippen molar-refractivity contribution in [3.05, 3.63) is 0 Å². The molecule has 12 heavy (non-hydrogen) atoms. The predicted octanol–water partition coefficient (Wildman–Crippen LogP) is -1.49. The van der Waals surface area contributed by atoms with Crippen LogP contribution in [0.3, 0.4) is 0 Å². The molecule has 0 saturated carbocycles. The van der Waals surface area contributed by atoms with E-state index in [1.807, 2.05) is 0 Å². The summed E-state index contributed by atoms with van der Waals surface area (Å²) in [5.41, 5.74) is 0. The molecule has 5 nitrogen and oxygen atoms in total. The van der Waals surface area contributed by atoms with Gasteiger partial charge < -0.3 is 14.6 Å². The molecule has 1 saturated heterocycles. The molecule has 2 N–H and O–H groups in total. The lowest BCUT2D eigenvalue weighted by Gasteiger charge is -2.13. The van der Waals surface area contributed by atoms with Crippen LogP contribution in [0.5, 0.6) is 0 Å². The highest BCUT2D eigenvalue weighted by Gasteiger charge is 2.40. The summed E-state index contributed by atoms with van der Waals surface area (Å²) in [7, 11) is 1.23. The van der Waals surface area contributed by atoms with E-state index in [1.54, 1.807) is 0 Å². The normalized spacial score (nSPS) is 34.7. The topological polar surface area (TPSA) is 75.6 Å². The number of ether oxygens (including phenoxy) is 1. The maximum absolute atomic E-state index is 11.0. The van der Waals surface area contributed by atoms with Crippen molar-refractivity contribution in [3.63, 3.8) is 0 Å². The fourth-order valence-corrected chi connectivity index (χ4v) is 1.32. The van der Waals surface area contributed by atoms with E-state index >= 15 is 0 Å². The number of hydrogen-bond donors (Lipinski definition) is 2. The van der Waals surface area contributed by atoms with Crippen LogP contribution >= 0.6 is 0 Å². The van der Waals surface area contributed by atoms with Crippen molar-refractivity contribution >= 4 is 12.3 Å². The number of aliphatic hydroxyl groups is 1. The zero-order valence-corrected chi connectivity index (χ0v) is 6.69. The van der Waals surface area contributed by atoms with Gasteiger partial charge >= 0.3 is 5.97 Å². The third kappa shape index (κ3) is 1.46. The molecule has 0 aromatic rings. The Hall–Kier alpha value is -0.940. The number of esters is 1. The van der Waals surface area contributed by atoms with Crippen LogP contribution in [0.2, 0.25) is 0 Å². The lowest BCUT2D eigenvalue weighted by Crippen LogP contribution is -2.33. The highest BCUT2D eigenvalue weighted by molar-refractivity contribution is 5.78. The van der Waals surface area contributed by atoms with E-state index in [9.17, 15) is 14.7 Å². The van der Waals surface area contributed by atoms with Gasteiger partial charge in [-0.2, -0.15) is 0 Å². The second kappa shape index (κ2) is 3.64. The van der Waals surface area contributed by atoms with Crippen LogP contribution in [0.25, 0.3) is 0 Å². The van der Waals surface area contributed by atoms with Gasteiger partial charge in [-0.05, 0) is 0 Å². The number of rotatable bonds is 2. The standard InChI is InChI=1S/C7H11NO4/c1-12-7(11)5-4(3-9)2-8-6(5)10/h3-6,8,10H,2H2,1H3. The first-order valence-electron chi connectivity index (χ1n) is 3.65. The number of aliphatic hydroxyl groups excluding tert-OH is 1. The smallest absolute Gasteiger partial charge is 0.313 e. The van der Waals surface area contributed by atoms with Gasteiger partial charge in [0.05, 0.1) is 7.11 Å². The van der Waals surface area contributed by atoms with Crippen molar-refractivity contribution < 1.29 is 19.4 Å². The van der Waals surface area contributed by atoms with Crippen molar-refractivity contribution in [1.29, 1.82) is 0 Å². The molecule has 5 heteroatoms. The van der Waals surface area contributed by atoms with E-state index in [-0.39, 0.29) is 0 Å². The van der Waals surface area contributed by atoms with Crippen molar-refractivity contribution in [2.24, 2.45) is 11.8 Å². The van der Waals surface area contributed by atoms with E-state index in [0.717, 1.165) is 0 Å². The molecule has 0 radical (unpaired) electrons. The van der Waals surface area contributed by atoms with E-state index in [1.165, 1.54) is 7.11 Å². The number of hydrogen-bond acceptors (Lipinski definition) is 5. The fourth-order valence-electron chi connectivity index (χ4n) is 1.32. The molecule has 68 valence electrons. The largest absolute Gasteiger partial charge is 0.469 e. The molecule has 0 amide bonds. The van der Waals surface area contributed by atoms with E-state index in [4.69, 9.17) is 0 Å². The van der Waals surface area contributed by atoms with Gasteiger partial charge in [0.2, 0.25) is 0 Å². The number of carbonyl (C=O) groups is 2. The van der Waals surface area contributed by atoms with Crippen molar-refractivity contribution in [1.82, 2.24) is 5.32 Å². The van der Waals surface area contributed by atoms with Crippen LogP contribution in [-0.2, 0) is 14.3 Å². The maximum atomic E-state index is 11.0. The summed E-state index contributed by atoms with van der Waals surface area (Å²) < 4.78 is 4.44. The summed E-state index contributed by atoms with van der Waals surface area (Å²) >= 11 is 0. The quantitative estimate of drug-likeness (QED) is 0.393. The van der Waals surface area contributed by atoms with E-state index < -0.39 is 24.0 Å². The Morgan fingerprint density at radius 3 is 2.92 bits per heavy atom. The minimum absolute atomic E-state index is 0.324. The molecular formula is C7H11NO4. The molecule has 0 aromatic carbocycles. The highest BCUT2D eigenvalue weighted by Crippen LogP contribution is 2.20. The maximum Gasteiger partial charge on any atom is 0.313 e. The summed E-state index contributed by atoms with van der Waals surface area (Å²) in [6.45, 7) is 0.324. The van der Waals surface area contributed by atoms with Gasteiger partial charge in [-0.15, -0.1) is 0 Å². The van der Waals surface area contributed by atoms with Crippen LogP contribution in [0.4, 0.5) is 0 Å². The molecule has 1 aliphatic rings. The molecule has 1 rings (SSSR count). The second-order valence-corrected chi connectivity index (χ2v) is 2.70. The van der Waals surface area contributed by atoms with Gasteiger partial charge in [-0.3, -0.25) is 10.1 Å². The zero-order valence-electron chi connectivity index (χ0n) is 6.69. The minimum atomic E-state index is -0.965. The Balaban J connectivity index is 2.69. The molecule has 0 spiro atoms. The monoisotopic (exact) mass is 173 g/mol. The molecule has 1 heterocycles. The second-order valence-electron chi connectivity index (χ2n) is 2.70. The number of methoxy groups -OCH3 is 1.